The number of aromatic nitrogens is 2. The van der Waals surface area contributed by atoms with Crippen LogP contribution in [0.15, 0.2) is 0 Å². The molecule has 2 rings (SSSR count). The van der Waals surface area contributed by atoms with Gasteiger partial charge in [0.1, 0.15) is 4.88 Å². The van der Waals surface area contributed by atoms with Crippen molar-refractivity contribution in [3.8, 4) is 0 Å². The second-order valence-corrected chi connectivity index (χ2v) is 5.04. The summed E-state index contributed by atoms with van der Waals surface area (Å²) >= 11 is 1.20. The molecule has 1 saturated heterocycles. The van der Waals surface area contributed by atoms with E-state index >= 15 is 0 Å². The SMILES string of the molecule is CCc1nnsc1C(=O)N1CCCCC1CN. The molecule has 0 radical (unpaired) electrons. The summed E-state index contributed by atoms with van der Waals surface area (Å²) in [6.45, 7) is 3.34. The van der Waals surface area contributed by atoms with Crippen LogP contribution in [0.3, 0.4) is 0 Å². The maximum atomic E-state index is 12.4. The fourth-order valence-electron chi connectivity index (χ4n) is 2.25. The zero-order chi connectivity index (χ0) is 12.3. The van der Waals surface area contributed by atoms with Crippen LogP contribution in [0.25, 0.3) is 0 Å². The zero-order valence-corrected chi connectivity index (χ0v) is 10.9. The maximum absolute atomic E-state index is 12.4. The third-order valence-corrected chi connectivity index (χ3v) is 4.00. The van der Waals surface area contributed by atoms with E-state index in [1.54, 1.807) is 0 Å². The molecule has 2 N–H and O–H groups in total. The van der Waals surface area contributed by atoms with Gasteiger partial charge in [-0.1, -0.05) is 11.4 Å². The molecule has 1 atom stereocenters. The molecule has 0 aliphatic carbocycles. The normalized spacial score (nSPS) is 20.6. The Hall–Kier alpha value is -1.01. The smallest absolute Gasteiger partial charge is 0.267 e. The number of rotatable bonds is 3. The van der Waals surface area contributed by atoms with Crippen molar-refractivity contribution in [3.63, 3.8) is 0 Å². The Balaban J connectivity index is 2.18. The van der Waals surface area contributed by atoms with Crippen LogP contribution in [0.5, 0.6) is 0 Å². The number of carbonyl (C=O) groups excluding carboxylic acids is 1. The number of amides is 1. The minimum atomic E-state index is 0.0620. The van der Waals surface area contributed by atoms with Gasteiger partial charge in [0.15, 0.2) is 0 Å². The first-order valence-corrected chi connectivity index (χ1v) is 6.87. The highest BCUT2D eigenvalue weighted by Crippen LogP contribution is 2.21. The molecule has 1 aliphatic rings. The highest BCUT2D eigenvalue weighted by molar-refractivity contribution is 7.08. The summed E-state index contributed by atoms with van der Waals surface area (Å²) in [5.41, 5.74) is 6.54. The quantitative estimate of drug-likeness (QED) is 0.875. The predicted octanol–water partition coefficient (Wildman–Crippen LogP) is 1.05. The van der Waals surface area contributed by atoms with Gasteiger partial charge in [0.25, 0.3) is 5.91 Å². The van der Waals surface area contributed by atoms with Gasteiger partial charge in [0.2, 0.25) is 0 Å². The summed E-state index contributed by atoms with van der Waals surface area (Å²) in [6.07, 6.45) is 3.98. The molecule has 1 amide bonds. The topological polar surface area (TPSA) is 72.1 Å². The monoisotopic (exact) mass is 254 g/mol. The molecule has 1 fully saturated rings. The van der Waals surface area contributed by atoms with Gasteiger partial charge in [0.05, 0.1) is 5.69 Å². The molecule has 0 spiro atoms. The van der Waals surface area contributed by atoms with Crippen LogP contribution in [-0.2, 0) is 6.42 Å². The highest BCUT2D eigenvalue weighted by atomic mass is 32.1. The van der Waals surface area contributed by atoms with Crippen LogP contribution in [-0.4, -0.2) is 39.5 Å². The molecule has 1 aliphatic heterocycles. The van der Waals surface area contributed by atoms with Gasteiger partial charge >= 0.3 is 0 Å². The average Bonchev–Trinajstić information content (AvgIpc) is 2.86. The third-order valence-electron chi connectivity index (χ3n) is 3.24. The fourth-order valence-corrected chi connectivity index (χ4v) is 2.95. The number of likely N-dealkylation sites (tertiary alicyclic amines) is 1. The minimum Gasteiger partial charge on any atom is -0.334 e. The van der Waals surface area contributed by atoms with E-state index < -0.39 is 0 Å². The molecule has 1 aromatic heterocycles. The first-order chi connectivity index (χ1) is 8.27. The van der Waals surface area contributed by atoms with Gasteiger partial charge in [-0.15, -0.1) is 5.10 Å². The van der Waals surface area contributed by atoms with Gasteiger partial charge in [-0.05, 0) is 37.2 Å². The van der Waals surface area contributed by atoms with Crippen molar-refractivity contribution in [3.05, 3.63) is 10.6 Å². The first-order valence-electron chi connectivity index (χ1n) is 6.10. The Morgan fingerprint density at radius 2 is 2.41 bits per heavy atom. The molecule has 1 unspecified atom stereocenters. The summed E-state index contributed by atoms with van der Waals surface area (Å²) in [7, 11) is 0. The van der Waals surface area contributed by atoms with Crippen molar-refractivity contribution in [1.29, 1.82) is 0 Å². The van der Waals surface area contributed by atoms with E-state index in [2.05, 4.69) is 9.59 Å². The van der Waals surface area contributed by atoms with E-state index in [-0.39, 0.29) is 11.9 Å². The minimum absolute atomic E-state index is 0.0620. The average molecular weight is 254 g/mol. The number of carbonyl (C=O) groups is 1. The van der Waals surface area contributed by atoms with Crippen molar-refractivity contribution < 1.29 is 4.79 Å². The number of piperidine rings is 1. The van der Waals surface area contributed by atoms with Crippen LogP contribution in [0, 0.1) is 0 Å². The van der Waals surface area contributed by atoms with Gasteiger partial charge in [-0.2, -0.15) is 0 Å². The van der Waals surface area contributed by atoms with Crippen molar-refractivity contribution in [2.24, 2.45) is 5.73 Å². The third kappa shape index (κ3) is 2.47. The van der Waals surface area contributed by atoms with E-state index in [4.69, 9.17) is 5.73 Å². The summed E-state index contributed by atoms with van der Waals surface area (Å²) in [5, 5.41) is 3.99. The Bertz CT molecular complexity index is 393. The number of hydrogen-bond donors (Lipinski definition) is 1. The van der Waals surface area contributed by atoms with Crippen LogP contribution in [0.1, 0.15) is 41.6 Å². The van der Waals surface area contributed by atoms with E-state index in [1.807, 2.05) is 11.8 Å². The number of nitrogens with two attached hydrogens (primary N) is 1. The second-order valence-electron chi connectivity index (χ2n) is 4.29. The molecule has 6 heteroatoms. The van der Waals surface area contributed by atoms with Gasteiger partial charge < -0.3 is 10.6 Å². The molecule has 0 bridgehead atoms. The van der Waals surface area contributed by atoms with Gasteiger partial charge in [-0.25, -0.2) is 0 Å². The molecule has 2 heterocycles. The lowest BCUT2D eigenvalue weighted by atomic mass is 10.0. The zero-order valence-electron chi connectivity index (χ0n) is 10.1. The molecule has 0 aromatic carbocycles. The molecule has 94 valence electrons. The van der Waals surface area contributed by atoms with Crippen LogP contribution in [0.4, 0.5) is 0 Å². The van der Waals surface area contributed by atoms with Crippen molar-refractivity contribution in [1.82, 2.24) is 14.5 Å². The molecule has 17 heavy (non-hydrogen) atoms. The first kappa shape index (κ1) is 12.4. The number of nitrogens with zero attached hydrogens (tertiary/aromatic N) is 3. The van der Waals surface area contributed by atoms with Crippen molar-refractivity contribution >= 4 is 17.4 Å². The summed E-state index contributed by atoms with van der Waals surface area (Å²) in [4.78, 5) is 15.0. The summed E-state index contributed by atoms with van der Waals surface area (Å²) < 4.78 is 3.87. The number of hydrogen-bond acceptors (Lipinski definition) is 5. The second kappa shape index (κ2) is 5.55. The lowest BCUT2D eigenvalue weighted by Gasteiger charge is -2.34. The van der Waals surface area contributed by atoms with Crippen molar-refractivity contribution in [2.75, 3.05) is 13.1 Å². The van der Waals surface area contributed by atoms with E-state index in [9.17, 15) is 4.79 Å². The molecule has 1 aromatic rings. The largest absolute Gasteiger partial charge is 0.334 e. The predicted molar refractivity (Wildman–Crippen MR) is 67.0 cm³/mol. The van der Waals surface area contributed by atoms with Gasteiger partial charge in [0, 0.05) is 19.1 Å². The Kier molecular flexibility index (Phi) is 4.06. The Morgan fingerprint density at radius 3 is 3.12 bits per heavy atom. The molecular formula is C11H18N4OS. The molecule has 5 nitrogen and oxygen atoms in total. The lowest BCUT2D eigenvalue weighted by molar-refractivity contribution is 0.0627. The van der Waals surface area contributed by atoms with Crippen LogP contribution in [0.2, 0.25) is 0 Å². The maximum Gasteiger partial charge on any atom is 0.267 e. The Labute approximate surface area is 105 Å². The van der Waals surface area contributed by atoms with E-state index in [0.717, 1.165) is 37.9 Å². The fraction of sp³-hybridized carbons (Fsp3) is 0.727. The summed E-state index contributed by atoms with van der Waals surface area (Å²) in [6, 6.07) is 0.183. The summed E-state index contributed by atoms with van der Waals surface area (Å²) in [5.74, 6) is 0.0620. The van der Waals surface area contributed by atoms with Crippen LogP contribution < -0.4 is 5.73 Å². The molecule has 0 saturated carbocycles. The number of aryl methyl sites for hydroxylation is 1. The van der Waals surface area contributed by atoms with E-state index in [0.29, 0.717) is 11.4 Å². The highest BCUT2D eigenvalue weighted by Gasteiger charge is 2.29. The van der Waals surface area contributed by atoms with Crippen molar-refractivity contribution in [2.45, 2.75) is 38.6 Å². The molecular weight excluding hydrogens is 236 g/mol. The lowest BCUT2D eigenvalue weighted by Crippen LogP contribution is -2.47. The van der Waals surface area contributed by atoms with Gasteiger partial charge in [-0.3, -0.25) is 4.79 Å². The standard InChI is InChI=1S/C11H18N4OS/c1-2-9-10(17-14-13-9)11(16)15-6-4-3-5-8(15)7-12/h8H,2-7,12H2,1H3. The Morgan fingerprint density at radius 1 is 1.59 bits per heavy atom. The van der Waals surface area contributed by atoms with Crippen LogP contribution >= 0.6 is 11.5 Å². The van der Waals surface area contributed by atoms with E-state index in [1.165, 1.54) is 11.5 Å².